The molecule has 70 valence electrons. The van der Waals surface area contributed by atoms with Crippen LogP contribution in [-0.2, 0) is 9.53 Å². The maximum atomic E-state index is 10.6. The Kier molecular flexibility index (Phi) is 3.49. The highest BCUT2D eigenvalue weighted by atomic mass is 16.5. The molecule has 0 radical (unpaired) electrons. The van der Waals surface area contributed by atoms with Gasteiger partial charge in [0.25, 0.3) is 0 Å². The van der Waals surface area contributed by atoms with Crippen LogP contribution in [0.15, 0.2) is 0 Å². The molecule has 0 unspecified atom stereocenters. The number of hydrogen-bond acceptors (Lipinski definition) is 3. The van der Waals surface area contributed by atoms with Gasteiger partial charge in [0.1, 0.15) is 0 Å². The minimum absolute atomic E-state index is 0.00632. The fraction of sp³-hybridized carbons (Fsp3) is 0.875. The van der Waals surface area contributed by atoms with Gasteiger partial charge in [-0.05, 0) is 7.05 Å². The van der Waals surface area contributed by atoms with E-state index in [2.05, 4.69) is 17.3 Å². The maximum Gasteiger partial charge on any atom is 0.216 e. The molecule has 1 amide bonds. The lowest BCUT2D eigenvalue weighted by atomic mass is 10.3. The number of nitrogens with one attached hydrogen (secondary N) is 1. The van der Waals surface area contributed by atoms with E-state index in [1.54, 1.807) is 0 Å². The average Bonchev–Trinajstić information content (AvgIpc) is 2.01. The predicted molar refractivity (Wildman–Crippen MR) is 45.9 cm³/mol. The van der Waals surface area contributed by atoms with E-state index in [0.29, 0.717) is 6.54 Å². The molecule has 0 saturated carbocycles. The summed E-state index contributed by atoms with van der Waals surface area (Å²) in [5.74, 6) is 0.00632. The molecule has 1 heterocycles. The Morgan fingerprint density at radius 1 is 1.75 bits per heavy atom. The summed E-state index contributed by atoms with van der Waals surface area (Å²) in [5.41, 5.74) is 0. The molecular weight excluding hydrogens is 156 g/mol. The van der Waals surface area contributed by atoms with E-state index < -0.39 is 0 Å². The van der Waals surface area contributed by atoms with Crippen molar-refractivity contribution in [2.45, 2.75) is 13.0 Å². The van der Waals surface area contributed by atoms with Gasteiger partial charge in [0, 0.05) is 26.6 Å². The summed E-state index contributed by atoms with van der Waals surface area (Å²) in [7, 11) is 2.06. The summed E-state index contributed by atoms with van der Waals surface area (Å²) in [5, 5.41) is 2.75. The number of likely N-dealkylation sites (N-methyl/N-ethyl adjacent to an activating group) is 1. The molecule has 1 N–H and O–H groups in total. The molecule has 0 aliphatic carbocycles. The molecule has 1 fully saturated rings. The van der Waals surface area contributed by atoms with Crippen LogP contribution < -0.4 is 5.32 Å². The third-order valence-electron chi connectivity index (χ3n) is 1.92. The maximum absolute atomic E-state index is 10.6. The summed E-state index contributed by atoms with van der Waals surface area (Å²) in [4.78, 5) is 12.8. The normalized spacial score (nSPS) is 25.3. The first-order valence-corrected chi connectivity index (χ1v) is 4.23. The van der Waals surface area contributed by atoms with Crippen molar-refractivity contribution in [1.29, 1.82) is 0 Å². The number of rotatable bonds is 2. The zero-order chi connectivity index (χ0) is 8.97. The number of morpholine rings is 1. The lowest BCUT2D eigenvalue weighted by Gasteiger charge is -2.29. The zero-order valence-electron chi connectivity index (χ0n) is 7.67. The highest BCUT2D eigenvalue weighted by molar-refractivity contribution is 5.72. The molecule has 0 bridgehead atoms. The topological polar surface area (TPSA) is 41.6 Å². The number of ether oxygens (including phenoxy) is 1. The Morgan fingerprint density at radius 2 is 2.50 bits per heavy atom. The molecular formula is C8H16N2O2. The number of amides is 1. The lowest BCUT2D eigenvalue weighted by Crippen LogP contribution is -2.45. The van der Waals surface area contributed by atoms with Crippen LogP contribution in [0.25, 0.3) is 0 Å². The van der Waals surface area contributed by atoms with E-state index in [4.69, 9.17) is 4.74 Å². The number of carbonyl (C=O) groups excluding carboxylic acids is 1. The zero-order valence-corrected chi connectivity index (χ0v) is 7.67. The summed E-state index contributed by atoms with van der Waals surface area (Å²) in [6.07, 6.45) is 0.160. The number of nitrogens with zero attached hydrogens (tertiary/aromatic N) is 1. The van der Waals surface area contributed by atoms with E-state index in [1.165, 1.54) is 6.92 Å². The van der Waals surface area contributed by atoms with Gasteiger partial charge in [-0.2, -0.15) is 0 Å². The molecule has 0 aromatic heterocycles. The number of carbonyl (C=O) groups is 1. The Bertz CT molecular complexity index is 161. The van der Waals surface area contributed by atoms with Crippen LogP contribution in [0.3, 0.4) is 0 Å². The first-order chi connectivity index (χ1) is 5.68. The van der Waals surface area contributed by atoms with Crippen molar-refractivity contribution in [2.24, 2.45) is 0 Å². The highest BCUT2D eigenvalue weighted by Crippen LogP contribution is 2.00. The minimum Gasteiger partial charge on any atom is -0.374 e. The Hall–Kier alpha value is -0.610. The molecule has 1 atom stereocenters. The third-order valence-corrected chi connectivity index (χ3v) is 1.92. The Labute approximate surface area is 72.9 Å². The second-order valence-electron chi connectivity index (χ2n) is 3.19. The van der Waals surface area contributed by atoms with Crippen molar-refractivity contribution in [3.05, 3.63) is 0 Å². The van der Waals surface area contributed by atoms with Gasteiger partial charge in [-0.1, -0.05) is 0 Å². The van der Waals surface area contributed by atoms with Crippen LogP contribution >= 0.6 is 0 Å². The van der Waals surface area contributed by atoms with Crippen molar-refractivity contribution in [3.63, 3.8) is 0 Å². The van der Waals surface area contributed by atoms with Crippen LogP contribution in [0.1, 0.15) is 6.92 Å². The van der Waals surface area contributed by atoms with Gasteiger partial charge < -0.3 is 15.0 Å². The van der Waals surface area contributed by atoms with Crippen LogP contribution in [0, 0.1) is 0 Å². The molecule has 0 aromatic carbocycles. The van der Waals surface area contributed by atoms with E-state index in [0.717, 1.165) is 19.7 Å². The first kappa shape index (κ1) is 9.48. The van der Waals surface area contributed by atoms with Gasteiger partial charge in [0.05, 0.1) is 12.7 Å². The van der Waals surface area contributed by atoms with Gasteiger partial charge >= 0.3 is 0 Å². The minimum atomic E-state index is 0.00632. The SMILES string of the molecule is CC(=O)NC[C@H]1CN(C)CCO1. The summed E-state index contributed by atoms with van der Waals surface area (Å²) in [6, 6.07) is 0. The summed E-state index contributed by atoms with van der Waals surface area (Å²) >= 11 is 0. The van der Waals surface area contributed by atoms with E-state index in [-0.39, 0.29) is 12.0 Å². The highest BCUT2D eigenvalue weighted by Gasteiger charge is 2.17. The van der Waals surface area contributed by atoms with Crippen molar-refractivity contribution >= 4 is 5.91 Å². The van der Waals surface area contributed by atoms with E-state index in [9.17, 15) is 4.79 Å². The second-order valence-corrected chi connectivity index (χ2v) is 3.19. The van der Waals surface area contributed by atoms with Gasteiger partial charge in [-0.15, -0.1) is 0 Å². The largest absolute Gasteiger partial charge is 0.374 e. The van der Waals surface area contributed by atoms with Crippen LogP contribution in [0.5, 0.6) is 0 Å². The summed E-state index contributed by atoms with van der Waals surface area (Å²) in [6.45, 7) is 4.80. The van der Waals surface area contributed by atoms with Crippen LogP contribution in [0.4, 0.5) is 0 Å². The van der Waals surface area contributed by atoms with E-state index >= 15 is 0 Å². The molecule has 4 heteroatoms. The van der Waals surface area contributed by atoms with Crippen molar-refractivity contribution in [1.82, 2.24) is 10.2 Å². The second kappa shape index (κ2) is 4.42. The predicted octanol–water partition coefficient (Wildman–Crippen LogP) is -0.547. The average molecular weight is 172 g/mol. The van der Waals surface area contributed by atoms with Crippen molar-refractivity contribution in [2.75, 3.05) is 33.3 Å². The number of hydrogen-bond donors (Lipinski definition) is 1. The molecule has 1 saturated heterocycles. The smallest absolute Gasteiger partial charge is 0.216 e. The van der Waals surface area contributed by atoms with Gasteiger partial charge in [0.15, 0.2) is 0 Å². The van der Waals surface area contributed by atoms with Gasteiger partial charge in [-0.25, -0.2) is 0 Å². The van der Waals surface area contributed by atoms with Gasteiger partial charge in [-0.3, -0.25) is 4.79 Å². The summed E-state index contributed by atoms with van der Waals surface area (Å²) < 4.78 is 5.44. The Balaban J connectivity index is 2.18. The Morgan fingerprint density at radius 3 is 3.08 bits per heavy atom. The third kappa shape index (κ3) is 3.19. The quantitative estimate of drug-likeness (QED) is 0.608. The van der Waals surface area contributed by atoms with Crippen LogP contribution in [0.2, 0.25) is 0 Å². The molecule has 4 nitrogen and oxygen atoms in total. The fourth-order valence-electron chi connectivity index (χ4n) is 1.25. The molecule has 1 rings (SSSR count). The molecule has 12 heavy (non-hydrogen) atoms. The van der Waals surface area contributed by atoms with Crippen molar-refractivity contribution in [3.8, 4) is 0 Å². The fourth-order valence-corrected chi connectivity index (χ4v) is 1.25. The van der Waals surface area contributed by atoms with E-state index in [1.807, 2.05) is 0 Å². The monoisotopic (exact) mass is 172 g/mol. The van der Waals surface area contributed by atoms with Crippen molar-refractivity contribution < 1.29 is 9.53 Å². The molecule has 0 aromatic rings. The first-order valence-electron chi connectivity index (χ1n) is 4.23. The molecule has 1 aliphatic heterocycles. The molecule has 1 aliphatic rings. The van der Waals surface area contributed by atoms with Crippen LogP contribution in [-0.4, -0.2) is 50.2 Å². The standard InChI is InChI=1S/C8H16N2O2/c1-7(11)9-5-8-6-10(2)3-4-12-8/h8H,3-6H2,1-2H3,(H,9,11)/t8-/m0/s1. The molecule has 0 spiro atoms. The lowest BCUT2D eigenvalue weighted by molar-refractivity contribution is -0.120. The van der Waals surface area contributed by atoms with Gasteiger partial charge in [0.2, 0.25) is 5.91 Å².